The minimum Gasteiger partial charge on any atom is -0.467 e. The van der Waals surface area contributed by atoms with Crippen molar-refractivity contribution in [1.82, 2.24) is 16.0 Å². The molecule has 2 atom stereocenters. The van der Waals surface area contributed by atoms with Gasteiger partial charge in [0.2, 0.25) is 11.8 Å². The van der Waals surface area contributed by atoms with Gasteiger partial charge >= 0.3 is 12.1 Å². The van der Waals surface area contributed by atoms with Crippen LogP contribution in [0.15, 0.2) is 78.9 Å². The fourth-order valence-electron chi connectivity index (χ4n) is 5.01. The van der Waals surface area contributed by atoms with Crippen molar-refractivity contribution in [2.75, 3.05) is 20.3 Å². The van der Waals surface area contributed by atoms with E-state index in [0.717, 1.165) is 27.8 Å². The van der Waals surface area contributed by atoms with E-state index < -0.39 is 36.0 Å². The van der Waals surface area contributed by atoms with Gasteiger partial charge in [-0.25, -0.2) is 9.59 Å². The van der Waals surface area contributed by atoms with Gasteiger partial charge in [0.1, 0.15) is 25.2 Å². The Bertz CT molecular complexity index is 1350. The number of ether oxygens (including phenoxy) is 2. The number of fused-ring (bicyclic) bond motifs is 3. The largest absolute Gasteiger partial charge is 0.467 e. The topological polar surface area (TPSA) is 123 Å². The average Bonchev–Trinajstić information content (AvgIpc) is 3.30. The van der Waals surface area contributed by atoms with Gasteiger partial charge in [-0.2, -0.15) is 0 Å². The highest BCUT2D eigenvalue weighted by atomic mass is 16.5. The lowest BCUT2D eigenvalue weighted by Gasteiger charge is -2.24. The first-order valence-electron chi connectivity index (χ1n) is 13.6. The fraction of sp³-hybridized carbons (Fsp3) is 0.312. The van der Waals surface area contributed by atoms with Crippen LogP contribution in [-0.2, 0) is 30.3 Å². The summed E-state index contributed by atoms with van der Waals surface area (Å²) in [5, 5.41) is 7.80. The molecule has 3 amide bonds. The summed E-state index contributed by atoms with van der Waals surface area (Å²) in [6.45, 7) is 3.29. The Labute approximate surface area is 239 Å². The van der Waals surface area contributed by atoms with E-state index >= 15 is 0 Å². The Morgan fingerprint density at radius 3 is 1.98 bits per heavy atom. The first-order valence-corrected chi connectivity index (χ1v) is 13.6. The van der Waals surface area contributed by atoms with Gasteiger partial charge in [0.15, 0.2) is 0 Å². The molecular formula is C32H35N3O6. The number of rotatable bonds is 11. The minimum absolute atomic E-state index is 0.102. The lowest BCUT2D eigenvalue weighted by Crippen LogP contribution is -2.55. The first kappa shape index (κ1) is 29.3. The van der Waals surface area contributed by atoms with E-state index in [1.54, 1.807) is 13.8 Å². The molecule has 3 aromatic rings. The number of nitrogens with one attached hydrogen (secondary N) is 3. The second-order valence-electron chi connectivity index (χ2n) is 10.2. The molecule has 1 aliphatic rings. The normalized spacial score (nSPS) is 13.4. The monoisotopic (exact) mass is 557 g/mol. The Morgan fingerprint density at radius 2 is 1.39 bits per heavy atom. The first-order chi connectivity index (χ1) is 19.8. The van der Waals surface area contributed by atoms with Crippen molar-refractivity contribution >= 4 is 23.9 Å². The molecule has 1 aliphatic carbocycles. The molecule has 0 aliphatic heterocycles. The van der Waals surface area contributed by atoms with E-state index in [-0.39, 0.29) is 31.4 Å². The number of alkyl carbamates (subject to hydrolysis) is 1. The van der Waals surface area contributed by atoms with Crippen LogP contribution in [0.5, 0.6) is 0 Å². The Kier molecular flexibility index (Phi) is 9.73. The number of carbonyl (C=O) groups is 4. The van der Waals surface area contributed by atoms with Gasteiger partial charge in [-0.1, -0.05) is 92.7 Å². The number of methoxy groups -OCH3 is 1. The summed E-state index contributed by atoms with van der Waals surface area (Å²) in [6.07, 6.45) is -0.498. The molecule has 3 N–H and O–H groups in total. The van der Waals surface area contributed by atoms with Crippen molar-refractivity contribution in [2.45, 2.75) is 38.3 Å². The number of esters is 1. The number of hydrogen-bond donors (Lipinski definition) is 3. The lowest BCUT2D eigenvalue weighted by atomic mass is 9.98. The third-order valence-corrected chi connectivity index (χ3v) is 7.09. The van der Waals surface area contributed by atoms with Gasteiger partial charge in [0.05, 0.1) is 7.11 Å². The van der Waals surface area contributed by atoms with Crippen molar-refractivity contribution in [3.63, 3.8) is 0 Å². The van der Waals surface area contributed by atoms with Crippen LogP contribution in [0.4, 0.5) is 4.79 Å². The predicted molar refractivity (Wildman–Crippen MR) is 154 cm³/mol. The highest BCUT2D eigenvalue weighted by Crippen LogP contribution is 2.44. The Balaban J connectivity index is 1.29. The van der Waals surface area contributed by atoms with Gasteiger partial charge in [-0.3, -0.25) is 9.59 Å². The van der Waals surface area contributed by atoms with Gasteiger partial charge in [0.25, 0.3) is 0 Å². The minimum atomic E-state index is -0.935. The zero-order valence-electron chi connectivity index (χ0n) is 23.4. The molecular weight excluding hydrogens is 522 g/mol. The van der Waals surface area contributed by atoms with Crippen LogP contribution in [0.2, 0.25) is 0 Å². The van der Waals surface area contributed by atoms with Crippen LogP contribution in [0.25, 0.3) is 11.1 Å². The van der Waals surface area contributed by atoms with Gasteiger partial charge < -0.3 is 25.4 Å². The smallest absolute Gasteiger partial charge is 0.407 e. The SMILES string of the molecule is COC(=O)[C@H](Cc1ccccc1)NC(=O)[C@@H](NC(=O)CNC(=O)OCC1c2ccccc2-c2ccccc21)C(C)C. The van der Waals surface area contributed by atoms with Crippen LogP contribution in [0, 0.1) is 5.92 Å². The third kappa shape index (κ3) is 7.30. The molecule has 0 heterocycles. The summed E-state index contributed by atoms with van der Waals surface area (Å²) in [5.41, 5.74) is 5.26. The molecule has 0 spiro atoms. The summed E-state index contributed by atoms with van der Waals surface area (Å²) in [4.78, 5) is 50.6. The summed E-state index contributed by atoms with van der Waals surface area (Å²) in [7, 11) is 1.25. The molecule has 0 fully saturated rings. The molecule has 9 heteroatoms. The Hall–Kier alpha value is -4.66. The zero-order chi connectivity index (χ0) is 29.4. The molecule has 0 bridgehead atoms. The zero-order valence-corrected chi connectivity index (χ0v) is 23.4. The van der Waals surface area contributed by atoms with Crippen LogP contribution in [0.3, 0.4) is 0 Å². The standard InChI is InChI=1S/C32H35N3O6/c1-20(2)29(30(37)34-27(31(38)40-3)17-21-11-5-4-6-12-21)35-28(36)18-33-32(39)41-19-26-24-15-9-7-13-22(24)23-14-8-10-16-25(23)26/h4-16,20,26-27,29H,17-19H2,1-3H3,(H,33,39)(H,34,37)(H,35,36)/t27-,29-/m0/s1. The molecule has 0 saturated heterocycles. The van der Waals surface area contributed by atoms with Crippen LogP contribution in [-0.4, -0.2) is 56.2 Å². The van der Waals surface area contributed by atoms with Gasteiger partial charge in [-0.05, 0) is 33.7 Å². The maximum Gasteiger partial charge on any atom is 0.407 e. The maximum absolute atomic E-state index is 13.1. The fourth-order valence-corrected chi connectivity index (χ4v) is 5.01. The van der Waals surface area contributed by atoms with E-state index in [1.807, 2.05) is 66.7 Å². The van der Waals surface area contributed by atoms with Crippen LogP contribution in [0.1, 0.15) is 36.5 Å². The molecule has 0 radical (unpaired) electrons. The maximum atomic E-state index is 13.1. The van der Waals surface area contributed by atoms with Gasteiger partial charge in [0, 0.05) is 12.3 Å². The summed E-state index contributed by atoms with van der Waals surface area (Å²) >= 11 is 0. The van der Waals surface area contributed by atoms with Gasteiger partial charge in [-0.15, -0.1) is 0 Å². The second kappa shape index (κ2) is 13.6. The van der Waals surface area contributed by atoms with Crippen molar-refractivity contribution in [1.29, 1.82) is 0 Å². The average molecular weight is 558 g/mol. The molecule has 0 saturated carbocycles. The summed E-state index contributed by atoms with van der Waals surface area (Å²) in [5.74, 6) is -2.07. The Morgan fingerprint density at radius 1 is 0.805 bits per heavy atom. The predicted octanol–water partition coefficient (Wildman–Crippen LogP) is 3.57. The van der Waals surface area contributed by atoms with Crippen molar-refractivity contribution < 1.29 is 28.7 Å². The quantitative estimate of drug-likeness (QED) is 0.310. The highest BCUT2D eigenvalue weighted by Gasteiger charge is 2.31. The number of benzene rings is 3. The second-order valence-corrected chi connectivity index (χ2v) is 10.2. The number of hydrogen-bond acceptors (Lipinski definition) is 6. The number of amides is 3. The third-order valence-electron chi connectivity index (χ3n) is 7.09. The molecule has 0 unspecified atom stereocenters. The summed E-state index contributed by atoms with van der Waals surface area (Å²) < 4.78 is 10.3. The van der Waals surface area contributed by atoms with Crippen molar-refractivity contribution in [3.8, 4) is 11.1 Å². The van der Waals surface area contributed by atoms with E-state index in [0.29, 0.717) is 0 Å². The van der Waals surface area contributed by atoms with E-state index in [4.69, 9.17) is 9.47 Å². The number of carbonyl (C=O) groups excluding carboxylic acids is 4. The molecule has 0 aromatic heterocycles. The molecule has 41 heavy (non-hydrogen) atoms. The van der Waals surface area contributed by atoms with E-state index in [2.05, 4.69) is 28.1 Å². The summed E-state index contributed by atoms with van der Waals surface area (Å²) in [6, 6.07) is 23.4. The molecule has 214 valence electrons. The van der Waals surface area contributed by atoms with E-state index in [9.17, 15) is 19.2 Å². The lowest BCUT2D eigenvalue weighted by molar-refractivity contribution is -0.145. The van der Waals surface area contributed by atoms with Crippen molar-refractivity contribution in [3.05, 3.63) is 95.6 Å². The molecule has 4 rings (SSSR count). The van der Waals surface area contributed by atoms with Crippen LogP contribution < -0.4 is 16.0 Å². The molecule has 9 nitrogen and oxygen atoms in total. The van der Waals surface area contributed by atoms with E-state index in [1.165, 1.54) is 7.11 Å². The highest BCUT2D eigenvalue weighted by molar-refractivity contribution is 5.92. The van der Waals surface area contributed by atoms with Crippen molar-refractivity contribution in [2.24, 2.45) is 5.92 Å². The molecule has 3 aromatic carbocycles. The van der Waals surface area contributed by atoms with Crippen LogP contribution >= 0.6 is 0 Å².